The second-order valence-corrected chi connectivity index (χ2v) is 8.78. The number of halogens is 11. The number of nitrogens with one attached hydrogen (secondary N) is 1. The molecular weight excluding hydrogens is 674 g/mol. The maximum Gasteiger partial charge on any atom is 0.471 e. The van der Waals surface area contributed by atoms with E-state index in [4.69, 9.17) is 10.8 Å². The molecule has 0 unspecified atom stereocenters. The van der Waals surface area contributed by atoms with Crippen molar-refractivity contribution in [3.63, 3.8) is 0 Å². The predicted molar refractivity (Wildman–Crippen MR) is 139 cm³/mol. The van der Waals surface area contributed by atoms with Gasteiger partial charge < -0.3 is 25.6 Å². The quantitative estimate of drug-likeness (QED) is 0.184. The molecular formula is C27H21ClF10N2O6. The fourth-order valence-corrected chi connectivity index (χ4v) is 3.06. The van der Waals surface area contributed by atoms with E-state index in [0.29, 0.717) is 6.42 Å². The van der Waals surface area contributed by atoms with Crippen molar-refractivity contribution in [2.24, 2.45) is 5.73 Å². The fourth-order valence-electron chi connectivity index (χ4n) is 3.06. The number of Topliss-reactive ketones (excluding diaryl/α,β-unsaturated/α-hetero) is 1. The molecule has 19 heteroatoms. The zero-order chi connectivity index (χ0) is 34.3. The Morgan fingerprint density at radius 1 is 0.761 bits per heavy atom. The Labute approximate surface area is 258 Å². The van der Waals surface area contributed by atoms with Crippen molar-refractivity contribution in [3.8, 4) is 11.5 Å². The van der Waals surface area contributed by atoms with Gasteiger partial charge in [0, 0.05) is 0 Å². The molecule has 252 valence electrons. The highest BCUT2D eigenvalue weighted by molar-refractivity contribution is 5.90. The topological polar surface area (TPSA) is 128 Å². The third-order valence-corrected chi connectivity index (χ3v) is 5.37. The van der Waals surface area contributed by atoms with Crippen molar-refractivity contribution in [2.45, 2.75) is 37.6 Å². The summed E-state index contributed by atoms with van der Waals surface area (Å²) in [5.41, 5.74) is 6.64. The van der Waals surface area contributed by atoms with E-state index in [1.165, 1.54) is 6.92 Å². The van der Waals surface area contributed by atoms with Crippen LogP contribution in [0.3, 0.4) is 0 Å². The predicted octanol–water partition coefficient (Wildman–Crippen LogP) is 5.30. The molecule has 3 rings (SSSR count). The lowest BCUT2D eigenvalue weighted by molar-refractivity contribution is -0.243. The number of nitrogens with two attached hydrogens (primary N) is 1. The smallest absolute Gasteiger partial charge is 0.471 e. The molecule has 4 N–H and O–H groups in total. The van der Waals surface area contributed by atoms with Gasteiger partial charge in [-0.25, -0.2) is 17.6 Å². The van der Waals surface area contributed by atoms with E-state index >= 15 is 0 Å². The van der Waals surface area contributed by atoms with E-state index in [0.717, 1.165) is 5.56 Å². The number of carboxylic acids is 1. The van der Waals surface area contributed by atoms with Gasteiger partial charge in [-0.15, -0.1) is 12.4 Å². The Kier molecular flexibility index (Phi) is 13.8. The normalized spacial score (nSPS) is 12.4. The van der Waals surface area contributed by atoms with E-state index in [2.05, 4.69) is 14.8 Å². The highest BCUT2D eigenvalue weighted by atomic mass is 35.5. The number of ether oxygens (including phenoxy) is 2. The first-order valence-electron chi connectivity index (χ1n) is 12.1. The van der Waals surface area contributed by atoms with Crippen molar-refractivity contribution in [3.05, 3.63) is 95.1 Å². The van der Waals surface area contributed by atoms with Crippen LogP contribution in [0.5, 0.6) is 11.5 Å². The van der Waals surface area contributed by atoms with Crippen LogP contribution in [0, 0.1) is 34.9 Å². The number of rotatable bonds is 11. The molecule has 1 amide bonds. The summed E-state index contributed by atoms with van der Waals surface area (Å²) in [7, 11) is 0. The summed E-state index contributed by atoms with van der Waals surface area (Å²) in [6.45, 7) is 1.40. The molecule has 0 fully saturated rings. The van der Waals surface area contributed by atoms with Gasteiger partial charge in [0.05, 0.1) is 6.04 Å². The Balaban J connectivity index is 0.000000505. The number of carbonyl (C=O) groups excluding carboxylic acids is 2. The number of alkyl halides is 4. The van der Waals surface area contributed by atoms with E-state index in [9.17, 15) is 58.3 Å². The number of hydrogen-bond donors (Lipinski definition) is 3. The van der Waals surface area contributed by atoms with Gasteiger partial charge in [0.15, 0.2) is 34.8 Å². The molecule has 46 heavy (non-hydrogen) atoms. The molecule has 3 aromatic rings. The first kappa shape index (κ1) is 39.4. The first-order chi connectivity index (χ1) is 20.8. The number of carboxylic acid groups (broad SMARTS) is 1. The number of benzene rings is 3. The van der Waals surface area contributed by atoms with Crippen LogP contribution in [-0.2, 0) is 20.8 Å². The van der Waals surface area contributed by atoms with Gasteiger partial charge in [-0.1, -0.05) is 30.3 Å². The number of amides is 1. The summed E-state index contributed by atoms with van der Waals surface area (Å²) in [6.07, 6.45) is -10.8. The molecule has 0 aliphatic rings. The van der Waals surface area contributed by atoms with E-state index < -0.39 is 88.4 Å². The third-order valence-electron chi connectivity index (χ3n) is 5.37. The highest BCUT2D eigenvalue weighted by Crippen LogP contribution is 2.34. The Hall–Kier alpha value is -4.58. The first-order valence-corrected chi connectivity index (χ1v) is 12.1. The van der Waals surface area contributed by atoms with Crippen LogP contribution in [0.1, 0.15) is 12.5 Å². The summed E-state index contributed by atoms with van der Waals surface area (Å²) in [5, 5.41) is 11.0. The van der Waals surface area contributed by atoms with Gasteiger partial charge in [-0.05, 0) is 43.2 Å². The average molecular weight is 695 g/mol. The Morgan fingerprint density at radius 3 is 1.57 bits per heavy atom. The molecule has 0 radical (unpaired) electrons. The summed E-state index contributed by atoms with van der Waals surface area (Å²) in [5.74, 6) is -21.7. The molecule has 0 aromatic heterocycles. The van der Waals surface area contributed by atoms with Crippen LogP contribution < -0.4 is 20.5 Å². The highest BCUT2D eigenvalue weighted by Gasteiger charge is 2.60. The minimum absolute atomic E-state index is 0. The van der Waals surface area contributed by atoms with Gasteiger partial charge in [-0.2, -0.15) is 26.3 Å². The third kappa shape index (κ3) is 10.2. The van der Waals surface area contributed by atoms with Crippen LogP contribution >= 0.6 is 12.4 Å². The van der Waals surface area contributed by atoms with Gasteiger partial charge >= 0.3 is 24.0 Å². The molecule has 0 aliphatic carbocycles. The van der Waals surface area contributed by atoms with E-state index in [-0.39, 0.29) is 36.7 Å². The van der Waals surface area contributed by atoms with Crippen molar-refractivity contribution >= 4 is 30.1 Å². The van der Waals surface area contributed by atoms with Gasteiger partial charge in [0.25, 0.3) is 0 Å². The van der Waals surface area contributed by atoms with Gasteiger partial charge in [0.2, 0.25) is 17.5 Å². The Bertz CT molecular complexity index is 1480. The molecule has 8 nitrogen and oxygen atoms in total. The summed E-state index contributed by atoms with van der Waals surface area (Å²) >= 11 is 0. The number of aliphatic carboxylic acids is 1. The Morgan fingerprint density at radius 2 is 1.17 bits per heavy atom. The molecule has 0 bridgehead atoms. The van der Waals surface area contributed by atoms with Crippen LogP contribution in [0.4, 0.5) is 43.9 Å². The zero-order valence-corrected chi connectivity index (χ0v) is 23.6. The fraction of sp³-hybridized carbons (Fsp3) is 0.222. The van der Waals surface area contributed by atoms with Crippen LogP contribution in [0.25, 0.3) is 0 Å². The molecule has 0 spiro atoms. The lowest BCUT2D eigenvalue weighted by Gasteiger charge is -2.22. The monoisotopic (exact) mass is 694 g/mol. The maximum atomic E-state index is 13.6. The van der Waals surface area contributed by atoms with Crippen molar-refractivity contribution in [1.29, 1.82) is 0 Å². The van der Waals surface area contributed by atoms with Gasteiger partial charge in [0.1, 0.15) is 6.04 Å². The van der Waals surface area contributed by atoms with E-state index in [1.54, 1.807) is 0 Å². The van der Waals surface area contributed by atoms with Crippen LogP contribution in [-0.4, -0.2) is 47.1 Å². The van der Waals surface area contributed by atoms with Crippen molar-refractivity contribution < 1.29 is 72.9 Å². The number of ketones is 1. The number of hydrogen-bond acceptors (Lipinski definition) is 6. The standard InChI is InChI=1S/C15H4F10O3.C12H16N2O3.ClH/c16-5-1-3-7(11(20)9(5)18)27-14(22,23)13(26)15(24,25)28-8-4-2-6(17)10(19)12(8)21;1-8(12(16)17)14-11(15)10(13)7-9-5-3-2-4-6-9;/h1-4H;2-6,8,10H,7,13H2,1H3,(H,14,15)(H,16,17);1H/t;8-,10-;/m.0./s1. The lowest BCUT2D eigenvalue weighted by atomic mass is 10.1. The average Bonchev–Trinajstić information content (AvgIpc) is 2.98. The second kappa shape index (κ2) is 16.1. The molecule has 3 aromatic carbocycles. The molecule has 0 heterocycles. The van der Waals surface area contributed by atoms with Crippen LogP contribution in [0.2, 0.25) is 0 Å². The summed E-state index contributed by atoms with van der Waals surface area (Å²) in [4.78, 5) is 33.4. The van der Waals surface area contributed by atoms with E-state index in [1.807, 2.05) is 30.3 Å². The molecule has 0 aliphatic heterocycles. The lowest BCUT2D eigenvalue weighted by Crippen LogP contribution is -2.49. The zero-order valence-electron chi connectivity index (χ0n) is 22.8. The minimum Gasteiger partial charge on any atom is -0.480 e. The van der Waals surface area contributed by atoms with Crippen molar-refractivity contribution in [2.75, 3.05) is 0 Å². The second-order valence-electron chi connectivity index (χ2n) is 8.78. The summed E-state index contributed by atoms with van der Waals surface area (Å²) in [6, 6.07) is 8.01. The maximum absolute atomic E-state index is 13.6. The number of carbonyl (C=O) groups is 3. The summed E-state index contributed by atoms with van der Waals surface area (Å²) < 4.78 is 139. The van der Waals surface area contributed by atoms with Crippen LogP contribution in [0.15, 0.2) is 54.6 Å². The molecule has 0 saturated heterocycles. The molecule has 2 atom stereocenters. The van der Waals surface area contributed by atoms with Gasteiger partial charge in [-0.3, -0.25) is 14.4 Å². The SMILES string of the molecule is C[C@H](NC(=O)[C@@H](N)Cc1ccccc1)C(=O)O.Cl.O=C(C(F)(F)Oc1ccc(F)c(F)c1F)C(F)(F)Oc1ccc(F)c(F)c1F. The largest absolute Gasteiger partial charge is 0.480 e. The molecule has 0 saturated carbocycles. The van der Waals surface area contributed by atoms with Crippen molar-refractivity contribution in [1.82, 2.24) is 5.32 Å². The minimum atomic E-state index is -5.59.